The van der Waals surface area contributed by atoms with Crippen molar-refractivity contribution in [3.63, 3.8) is 0 Å². The second-order valence-electron chi connectivity index (χ2n) is 6.30. The maximum atomic E-state index is 12.9. The van der Waals surface area contributed by atoms with Gasteiger partial charge in [-0.15, -0.1) is 0 Å². The predicted octanol–water partition coefficient (Wildman–Crippen LogP) is 3.63. The minimum absolute atomic E-state index is 0.0993. The third-order valence-electron chi connectivity index (χ3n) is 4.26. The van der Waals surface area contributed by atoms with E-state index in [1.54, 1.807) is 22.8 Å². The third kappa shape index (κ3) is 4.88. The highest BCUT2D eigenvalue weighted by Crippen LogP contribution is 2.13. The van der Waals surface area contributed by atoms with E-state index in [-0.39, 0.29) is 30.3 Å². The summed E-state index contributed by atoms with van der Waals surface area (Å²) in [5.41, 5.74) is 2.31. The van der Waals surface area contributed by atoms with E-state index in [1.165, 1.54) is 24.3 Å². The summed E-state index contributed by atoms with van der Waals surface area (Å²) >= 11 is 0. The van der Waals surface area contributed by atoms with Crippen molar-refractivity contribution in [2.75, 3.05) is 7.05 Å². The molecule has 0 N–H and O–H groups in total. The van der Waals surface area contributed by atoms with Gasteiger partial charge in [-0.25, -0.2) is 9.07 Å². The molecule has 1 heterocycles. The molecule has 0 aliphatic heterocycles. The van der Waals surface area contributed by atoms with Gasteiger partial charge in [0.05, 0.1) is 5.69 Å². The van der Waals surface area contributed by atoms with Crippen molar-refractivity contribution < 1.29 is 14.0 Å². The summed E-state index contributed by atoms with van der Waals surface area (Å²) < 4.78 is 14.7. The van der Waals surface area contributed by atoms with Gasteiger partial charge in [0.1, 0.15) is 5.82 Å². The molecule has 0 fully saturated rings. The molecule has 6 heteroatoms. The van der Waals surface area contributed by atoms with E-state index < -0.39 is 0 Å². The number of aromatic nitrogens is 2. The Morgan fingerprint density at radius 3 is 2.56 bits per heavy atom. The van der Waals surface area contributed by atoms with Crippen LogP contribution < -0.4 is 0 Å². The Morgan fingerprint density at radius 2 is 1.85 bits per heavy atom. The van der Waals surface area contributed by atoms with E-state index in [0.29, 0.717) is 12.1 Å². The topological polar surface area (TPSA) is 55.2 Å². The molecule has 0 saturated carbocycles. The predicted molar refractivity (Wildman–Crippen MR) is 100 cm³/mol. The number of amides is 1. The van der Waals surface area contributed by atoms with Crippen molar-refractivity contribution >= 4 is 11.7 Å². The van der Waals surface area contributed by atoms with Crippen molar-refractivity contribution in [3.8, 4) is 5.69 Å². The molecule has 0 aliphatic carbocycles. The van der Waals surface area contributed by atoms with Crippen molar-refractivity contribution in [2.24, 2.45) is 0 Å². The molecule has 0 unspecified atom stereocenters. The van der Waals surface area contributed by atoms with Gasteiger partial charge in [-0.1, -0.05) is 12.1 Å². The molecule has 0 radical (unpaired) electrons. The van der Waals surface area contributed by atoms with Crippen LogP contribution in [0.4, 0.5) is 4.39 Å². The van der Waals surface area contributed by atoms with Crippen LogP contribution in [0, 0.1) is 5.82 Å². The fourth-order valence-electron chi connectivity index (χ4n) is 2.77. The van der Waals surface area contributed by atoms with Crippen LogP contribution in [0.1, 0.15) is 28.8 Å². The molecule has 138 valence electrons. The van der Waals surface area contributed by atoms with E-state index in [0.717, 1.165) is 11.3 Å². The summed E-state index contributed by atoms with van der Waals surface area (Å²) in [7, 11) is 1.71. The zero-order valence-corrected chi connectivity index (χ0v) is 15.0. The molecule has 5 nitrogen and oxygen atoms in total. The average molecular weight is 365 g/mol. The van der Waals surface area contributed by atoms with Crippen LogP contribution in [0.15, 0.2) is 67.0 Å². The normalized spacial score (nSPS) is 10.6. The van der Waals surface area contributed by atoms with E-state index in [1.807, 2.05) is 36.5 Å². The van der Waals surface area contributed by atoms with Gasteiger partial charge in [0.25, 0.3) is 0 Å². The number of hydrogen-bond acceptors (Lipinski definition) is 3. The molecule has 3 aromatic rings. The number of rotatable bonds is 7. The first-order valence-corrected chi connectivity index (χ1v) is 8.64. The lowest BCUT2D eigenvalue weighted by Gasteiger charge is -2.17. The number of ketones is 1. The Morgan fingerprint density at radius 1 is 1.07 bits per heavy atom. The Hall–Kier alpha value is -3.28. The smallest absolute Gasteiger partial charge is 0.223 e. The zero-order valence-electron chi connectivity index (χ0n) is 15.0. The minimum Gasteiger partial charge on any atom is -0.341 e. The second-order valence-corrected chi connectivity index (χ2v) is 6.30. The fraction of sp³-hybridized carbons (Fsp3) is 0.190. The average Bonchev–Trinajstić information content (AvgIpc) is 3.21. The SMILES string of the molecule is CN(Cc1cccc(-n2cccn2)c1)C(=O)CCC(=O)c1ccc(F)cc1. The lowest BCUT2D eigenvalue weighted by atomic mass is 10.1. The van der Waals surface area contributed by atoms with Crippen molar-refractivity contribution in [1.82, 2.24) is 14.7 Å². The van der Waals surface area contributed by atoms with Gasteiger partial charge < -0.3 is 4.90 Å². The van der Waals surface area contributed by atoms with Crippen LogP contribution in [0.3, 0.4) is 0 Å². The van der Waals surface area contributed by atoms with Gasteiger partial charge >= 0.3 is 0 Å². The van der Waals surface area contributed by atoms with Gasteiger partial charge in [-0.2, -0.15) is 5.10 Å². The minimum atomic E-state index is -0.389. The van der Waals surface area contributed by atoms with Gasteiger partial charge in [0, 0.05) is 44.4 Å². The van der Waals surface area contributed by atoms with Crippen LogP contribution in [-0.2, 0) is 11.3 Å². The van der Waals surface area contributed by atoms with E-state index in [2.05, 4.69) is 5.10 Å². The number of halogens is 1. The van der Waals surface area contributed by atoms with Crippen molar-refractivity contribution in [3.05, 3.63) is 83.9 Å². The molecule has 0 atom stereocenters. The van der Waals surface area contributed by atoms with Gasteiger partial charge in [0.15, 0.2) is 5.78 Å². The molecule has 0 spiro atoms. The molecule has 1 aromatic heterocycles. The number of benzene rings is 2. The molecule has 3 rings (SSSR count). The van der Waals surface area contributed by atoms with Crippen LogP contribution in [0.25, 0.3) is 5.69 Å². The quantitative estimate of drug-likeness (QED) is 0.601. The standard InChI is InChI=1S/C21H20FN3O2/c1-24(15-16-4-2-5-19(14-16)25-13-3-12-23-25)21(27)11-10-20(26)17-6-8-18(22)9-7-17/h2-9,12-14H,10-11,15H2,1H3. The van der Waals surface area contributed by atoms with Crippen LogP contribution in [0.5, 0.6) is 0 Å². The van der Waals surface area contributed by atoms with E-state index in [9.17, 15) is 14.0 Å². The van der Waals surface area contributed by atoms with E-state index >= 15 is 0 Å². The monoisotopic (exact) mass is 365 g/mol. The molecular weight excluding hydrogens is 345 g/mol. The maximum absolute atomic E-state index is 12.9. The lowest BCUT2D eigenvalue weighted by Crippen LogP contribution is -2.26. The van der Waals surface area contributed by atoms with Gasteiger partial charge in [-0.05, 0) is 48.0 Å². The highest BCUT2D eigenvalue weighted by molar-refractivity contribution is 5.97. The molecule has 1 amide bonds. The first kappa shape index (κ1) is 18.5. The molecule has 2 aromatic carbocycles. The van der Waals surface area contributed by atoms with Gasteiger partial charge in [-0.3, -0.25) is 9.59 Å². The van der Waals surface area contributed by atoms with Crippen LogP contribution >= 0.6 is 0 Å². The Balaban J connectivity index is 1.55. The third-order valence-corrected chi connectivity index (χ3v) is 4.26. The second kappa shape index (κ2) is 8.40. The lowest BCUT2D eigenvalue weighted by molar-refractivity contribution is -0.130. The molecule has 0 aliphatic rings. The summed E-state index contributed by atoms with van der Waals surface area (Å²) in [5, 5.41) is 4.20. The van der Waals surface area contributed by atoms with E-state index in [4.69, 9.17) is 0 Å². The molecule has 27 heavy (non-hydrogen) atoms. The number of carbonyl (C=O) groups is 2. The Kier molecular flexibility index (Phi) is 5.76. The highest BCUT2D eigenvalue weighted by Gasteiger charge is 2.13. The summed E-state index contributed by atoms with van der Waals surface area (Å²) in [6, 6.07) is 15.0. The Labute approximate surface area is 157 Å². The van der Waals surface area contributed by atoms with Crippen molar-refractivity contribution in [1.29, 1.82) is 0 Å². The number of hydrogen-bond donors (Lipinski definition) is 0. The van der Waals surface area contributed by atoms with Crippen LogP contribution in [0.2, 0.25) is 0 Å². The molecule has 0 saturated heterocycles. The highest BCUT2D eigenvalue weighted by atomic mass is 19.1. The molecular formula is C21H20FN3O2. The van der Waals surface area contributed by atoms with Gasteiger partial charge in [0.2, 0.25) is 5.91 Å². The maximum Gasteiger partial charge on any atom is 0.223 e. The first-order chi connectivity index (χ1) is 13.0. The first-order valence-electron chi connectivity index (χ1n) is 8.64. The Bertz CT molecular complexity index is 921. The number of Topliss-reactive ketones (excluding diaryl/α,β-unsaturated/α-hetero) is 1. The summed E-state index contributed by atoms with van der Waals surface area (Å²) in [5.74, 6) is -0.674. The zero-order chi connectivity index (χ0) is 19.2. The summed E-state index contributed by atoms with van der Waals surface area (Å²) in [6.07, 6.45) is 3.78. The summed E-state index contributed by atoms with van der Waals surface area (Å²) in [6.45, 7) is 0.443. The fourth-order valence-corrected chi connectivity index (χ4v) is 2.77. The van der Waals surface area contributed by atoms with Crippen molar-refractivity contribution in [2.45, 2.75) is 19.4 Å². The largest absolute Gasteiger partial charge is 0.341 e. The summed E-state index contributed by atoms with van der Waals surface area (Å²) in [4.78, 5) is 26.1. The number of nitrogens with zero attached hydrogens (tertiary/aromatic N) is 3. The van der Waals surface area contributed by atoms with Crippen LogP contribution in [-0.4, -0.2) is 33.4 Å². The number of carbonyl (C=O) groups excluding carboxylic acids is 2. The molecule has 0 bridgehead atoms.